The van der Waals surface area contributed by atoms with Crippen LogP contribution in [0.3, 0.4) is 0 Å². The quantitative estimate of drug-likeness (QED) is 0.531. The summed E-state index contributed by atoms with van der Waals surface area (Å²) in [5.41, 5.74) is -1.28. The van der Waals surface area contributed by atoms with Gasteiger partial charge in [0.25, 0.3) is 0 Å². The second-order valence-corrected chi connectivity index (χ2v) is 7.78. The maximum absolute atomic E-state index is 12.3. The zero-order valence-corrected chi connectivity index (χ0v) is 14.0. The van der Waals surface area contributed by atoms with Crippen molar-refractivity contribution in [2.45, 2.75) is 88.4 Å². The third-order valence-corrected chi connectivity index (χ3v) is 4.73. The number of rotatable bonds is 3. The van der Waals surface area contributed by atoms with Crippen LogP contribution < -0.4 is 0 Å². The topological polar surface area (TPSA) is 123 Å². The van der Waals surface area contributed by atoms with Gasteiger partial charge in [-0.15, -0.1) is 10.3 Å². The summed E-state index contributed by atoms with van der Waals surface area (Å²) in [6.45, 7) is 6.80. The molecule has 2 aliphatic heterocycles. The molecular weight excluding hydrogens is 306 g/mol. The van der Waals surface area contributed by atoms with Crippen LogP contribution in [0.1, 0.15) is 40.5 Å². The molecule has 0 aromatic rings. The molecule has 23 heavy (non-hydrogen) atoms. The zero-order valence-electron chi connectivity index (χ0n) is 14.0. The molecule has 0 bridgehead atoms. The van der Waals surface area contributed by atoms with Crippen molar-refractivity contribution in [3.8, 4) is 0 Å². The third-order valence-electron chi connectivity index (χ3n) is 4.73. The highest BCUT2D eigenvalue weighted by Crippen LogP contribution is 2.39. The normalized spacial score (nSPS) is 41.9. The molecule has 2 saturated heterocycles. The number of hydrogen-bond donors (Lipinski definition) is 4. The SMILES string of the molecule is CC1(C)CC(O[C@H]2O[C@H](CO)[C@@H](O)[C@H](O)[C@H]2O)CC(C)(C)N1[O]. The van der Waals surface area contributed by atoms with Crippen LogP contribution in [0.25, 0.3) is 0 Å². The molecule has 4 N–H and O–H groups in total. The summed E-state index contributed by atoms with van der Waals surface area (Å²) in [5, 5.41) is 52.3. The first-order chi connectivity index (χ1) is 10.5. The van der Waals surface area contributed by atoms with Gasteiger partial charge in [0.05, 0.1) is 12.7 Å². The van der Waals surface area contributed by atoms with Crippen LogP contribution in [0.5, 0.6) is 0 Å². The molecule has 0 amide bonds. The molecule has 2 fully saturated rings. The van der Waals surface area contributed by atoms with Crippen LogP contribution in [-0.2, 0) is 14.7 Å². The highest BCUT2D eigenvalue weighted by atomic mass is 16.7. The minimum Gasteiger partial charge on any atom is -0.394 e. The maximum atomic E-state index is 12.3. The van der Waals surface area contributed by atoms with Gasteiger partial charge < -0.3 is 29.9 Å². The number of hydroxylamine groups is 2. The van der Waals surface area contributed by atoms with Crippen molar-refractivity contribution in [1.82, 2.24) is 5.06 Å². The van der Waals surface area contributed by atoms with Gasteiger partial charge in [-0.05, 0) is 40.5 Å². The Kier molecular flexibility index (Phi) is 5.40. The molecule has 1 radical (unpaired) electrons. The predicted molar refractivity (Wildman–Crippen MR) is 78.6 cm³/mol. The van der Waals surface area contributed by atoms with Crippen molar-refractivity contribution in [3.63, 3.8) is 0 Å². The van der Waals surface area contributed by atoms with Crippen LogP contribution in [0.2, 0.25) is 0 Å². The van der Waals surface area contributed by atoms with Crippen LogP contribution in [-0.4, -0.2) is 80.0 Å². The lowest BCUT2D eigenvalue weighted by Crippen LogP contribution is -2.63. The monoisotopic (exact) mass is 334 g/mol. The van der Waals surface area contributed by atoms with E-state index in [0.717, 1.165) is 5.06 Å². The largest absolute Gasteiger partial charge is 0.394 e. The fourth-order valence-corrected chi connectivity index (χ4v) is 3.64. The first-order valence-corrected chi connectivity index (χ1v) is 7.93. The summed E-state index contributed by atoms with van der Waals surface area (Å²) in [7, 11) is 0. The van der Waals surface area contributed by atoms with Gasteiger partial charge in [-0.1, -0.05) is 0 Å². The molecule has 0 aromatic heterocycles. The van der Waals surface area contributed by atoms with Crippen LogP contribution in [0.15, 0.2) is 0 Å². The zero-order chi connectivity index (χ0) is 17.6. The second kappa shape index (κ2) is 6.53. The van der Waals surface area contributed by atoms with Gasteiger partial charge in [0.1, 0.15) is 24.4 Å². The lowest BCUT2D eigenvalue weighted by Gasteiger charge is -2.51. The Labute approximate surface area is 136 Å². The van der Waals surface area contributed by atoms with E-state index in [0.29, 0.717) is 12.8 Å². The highest BCUT2D eigenvalue weighted by Gasteiger charge is 2.50. The molecule has 0 unspecified atom stereocenters. The number of hydrogen-bond acceptors (Lipinski definition) is 7. The lowest BCUT2D eigenvalue weighted by molar-refractivity contribution is -0.340. The summed E-state index contributed by atoms with van der Waals surface area (Å²) in [6, 6.07) is 0. The highest BCUT2D eigenvalue weighted by molar-refractivity contribution is 4.97. The van der Waals surface area contributed by atoms with Crippen molar-refractivity contribution in [2.75, 3.05) is 6.61 Å². The summed E-state index contributed by atoms with van der Waals surface area (Å²) in [4.78, 5) is 0. The van der Waals surface area contributed by atoms with Crippen molar-refractivity contribution in [1.29, 1.82) is 0 Å². The molecule has 8 nitrogen and oxygen atoms in total. The van der Waals surface area contributed by atoms with E-state index in [9.17, 15) is 25.6 Å². The Bertz CT molecular complexity index is 397. The van der Waals surface area contributed by atoms with E-state index in [1.165, 1.54) is 0 Å². The number of ether oxygens (including phenoxy) is 2. The maximum Gasteiger partial charge on any atom is 0.186 e. The molecule has 0 aliphatic carbocycles. The Morgan fingerprint density at radius 2 is 1.57 bits per heavy atom. The average molecular weight is 334 g/mol. The summed E-state index contributed by atoms with van der Waals surface area (Å²) in [5.74, 6) is 0. The summed E-state index contributed by atoms with van der Waals surface area (Å²) in [6.07, 6.45) is -5.95. The molecule has 2 rings (SSSR count). The van der Waals surface area contributed by atoms with E-state index in [2.05, 4.69) is 0 Å². The molecule has 0 spiro atoms. The molecular formula is C15H28NO7. The van der Waals surface area contributed by atoms with E-state index in [-0.39, 0.29) is 6.10 Å². The van der Waals surface area contributed by atoms with Gasteiger partial charge in [0, 0.05) is 11.1 Å². The first kappa shape index (κ1) is 19.0. The first-order valence-electron chi connectivity index (χ1n) is 7.93. The number of nitrogens with zero attached hydrogens (tertiary/aromatic N) is 1. The van der Waals surface area contributed by atoms with Gasteiger partial charge >= 0.3 is 0 Å². The minimum atomic E-state index is -1.47. The van der Waals surface area contributed by atoms with Crippen molar-refractivity contribution >= 4 is 0 Å². The van der Waals surface area contributed by atoms with Gasteiger partial charge in [0.2, 0.25) is 0 Å². The number of aliphatic hydroxyl groups excluding tert-OH is 4. The van der Waals surface area contributed by atoms with E-state index >= 15 is 0 Å². The second-order valence-electron chi connectivity index (χ2n) is 7.78. The van der Waals surface area contributed by atoms with Crippen LogP contribution in [0.4, 0.5) is 0 Å². The Morgan fingerprint density at radius 1 is 1.04 bits per heavy atom. The molecule has 2 heterocycles. The van der Waals surface area contributed by atoms with E-state index in [1.807, 2.05) is 27.7 Å². The molecule has 5 atom stereocenters. The number of piperidine rings is 1. The third kappa shape index (κ3) is 3.69. The van der Waals surface area contributed by atoms with Crippen molar-refractivity contribution in [3.05, 3.63) is 0 Å². The molecule has 135 valence electrons. The molecule has 2 aliphatic rings. The van der Waals surface area contributed by atoms with E-state index in [1.54, 1.807) is 0 Å². The smallest absolute Gasteiger partial charge is 0.186 e. The molecule has 0 aromatic carbocycles. The van der Waals surface area contributed by atoms with Crippen LogP contribution in [0, 0.1) is 0 Å². The fraction of sp³-hybridized carbons (Fsp3) is 1.00. The summed E-state index contributed by atoms with van der Waals surface area (Å²) < 4.78 is 11.2. The van der Waals surface area contributed by atoms with Crippen molar-refractivity contribution in [2.24, 2.45) is 0 Å². The Balaban J connectivity index is 2.09. The minimum absolute atomic E-state index is 0.355. The van der Waals surface area contributed by atoms with Gasteiger partial charge in [-0.25, -0.2) is 0 Å². The number of aliphatic hydroxyl groups is 4. The standard InChI is InChI=1S/C15H28NO7/c1-14(2)5-8(6-15(3,4)16(14)21)22-13-12(20)11(19)10(18)9(7-17)23-13/h8-13,17-20H,5-7H2,1-4H3/t9-,10-,11+,12-,13+/m1/s1. The average Bonchev–Trinajstić information content (AvgIpc) is 2.44. The van der Waals surface area contributed by atoms with Gasteiger partial charge in [0.15, 0.2) is 6.29 Å². The molecule has 0 saturated carbocycles. The Morgan fingerprint density at radius 3 is 2.04 bits per heavy atom. The van der Waals surface area contributed by atoms with Gasteiger partial charge in [-0.2, -0.15) is 0 Å². The van der Waals surface area contributed by atoms with Gasteiger partial charge in [-0.3, -0.25) is 0 Å². The predicted octanol–water partition coefficient (Wildman–Crippen LogP) is -0.830. The van der Waals surface area contributed by atoms with Crippen molar-refractivity contribution < 1.29 is 35.1 Å². The van der Waals surface area contributed by atoms with E-state index < -0.39 is 48.4 Å². The lowest BCUT2D eigenvalue weighted by atomic mass is 9.80. The van der Waals surface area contributed by atoms with Crippen LogP contribution >= 0.6 is 0 Å². The summed E-state index contributed by atoms with van der Waals surface area (Å²) >= 11 is 0. The fourth-order valence-electron chi connectivity index (χ4n) is 3.64. The molecule has 8 heteroatoms. The Hall–Kier alpha value is -0.320. The van der Waals surface area contributed by atoms with E-state index in [4.69, 9.17) is 9.47 Å².